The highest BCUT2D eigenvalue weighted by Gasteiger charge is 2.17. The van der Waals surface area contributed by atoms with E-state index in [0.29, 0.717) is 22.3 Å². The lowest BCUT2D eigenvalue weighted by Crippen LogP contribution is -2.32. The molecule has 11 heteroatoms. The SMILES string of the molecule is O=C(NCNc1nc(Nc2cccc(NC(=O)N3CCCC3)c2)ncc1I)c1cccs1. The van der Waals surface area contributed by atoms with E-state index >= 15 is 0 Å². The van der Waals surface area contributed by atoms with Gasteiger partial charge in [0.15, 0.2) is 0 Å². The summed E-state index contributed by atoms with van der Waals surface area (Å²) in [6.45, 7) is 1.83. The molecule has 0 radical (unpaired) electrons. The van der Waals surface area contributed by atoms with Crippen molar-refractivity contribution in [3.8, 4) is 0 Å². The van der Waals surface area contributed by atoms with E-state index in [1.807, 2.05) is 40.6 Å². The molecule has 0 bridgehead atoms. The van der Waals surface area contributed by atoms with Gasteiger partial charge >= 0.3 is 6.03 Å². The van der Waals surface area contributed by atoms with Crippen LogP contribution in [0.4, 0.5) is 27.9 Å². The molecule has 1 aliphatic rings. The van der Waals surface area contributed by atoms with Crippen LogP contribution in [-0.4, -0.2) is 46.6 Å². The van der Waals surface area contributed by atoms with Gasteiger partial charge < -0.3 is 26.2 Å². The van der Waals surface area contributed by atoms with Crippen LogP contribution in [0.3, 0.4) is 0 Å². The number of likely N-dealkylation sites (tertiary alicyclic amines) is 1. The number of hydrogen-bond acceptors (Lipinski definition) is 7. The number of carbonyl (C=O) groups excluding carboxylic acids is 2. The van der Waals surface area contributed by atoms with Gasteiger partial charge in [-0.1, -0.05) is 12.1 Å². The van der Waals surface area contributed by atoms with Crippen LogP contribution in [0.25, 0.3) is 0 Å². The first-order valence-electron chi connectivity index (χ1n) is 10.1. The van der Waals surface area contributed by atoms with Crippen molar-refractivity contribution >= 4 is 69.0 Å². The van der Waals surface area contributed by atoms with E-state index in [-0.39, 0.29) is 18.6 Å². The Kier molecular flexibility index (Phi) is 7.37. The number of urea groups is 1. The van der Waals surface area contributed by atoms with Crippen molar-refractivity contribution in [3.63, 3.8) is 0 Å². The average Bonchev–Trinajstić information content (AvgIpc) is 3.51. The Morgan fingerprint density at radius 1 is 1.12 bits per heavy atom. The summed E-state index contributed by atoms with van der Waals surface area (Å²) < 4.78 is 0.824. The number of hydrogen-bond donors (Lipinski definition) is 4. The molecule has 1 aromatic carbocycles. The second kappa shape index (κ2) is 10.6. The van der Waals surface area contributed by atoms with E-state index in [1.54, 1.807) is 12.3 Å². The second-order valence-corrected chi connectivity index (χ2v) is 9.17. The number of aromatic nitrogens is 2. The number of amides is 3. The van der Waals surface area contributed by atoms with E-state index in [9.17, 15) is 9.59 Å². The first kappa shape index (κ1) is 22.3. The van der Waals surface area contributed by atoms with E-state index < -0.39 is 0 Å². The Labute approximate surface area is 203 Å². The van der Waals surface area contributed by atoms with Crippen LogP contribution in [0.2, 0.25) is 0 Å². The third kappa shape index (κ3) is 5.85. The minimum absolute atomic E-state index is 0.0822. The highest BCUT2D eigenvalue weighted by Crippen LogP contribution is 2.22. The summed E-state index contributed by atoms with van der Waals surface area (Å²) in [5.74, 6) is 0.872. The van der Waals surface area contributed by atoms with Gasteiger partial charge in [0.2, 0.25) is 5.95 Å². The highest BCUT2D eigenvalue weighted by atomic mass is 127. The molecule has 1 aliphatic heterocycles. The molecular formula is C21H22IN7O2S. The summed E-state index contributed by atoms with van der Waals surface area (Å²) in [5, 5.41) is 13.9. The molecular weight excluding hydrogens is 541 g/mol. The smallest absolute Gasteiger partial charge is 0.321 e. The molecule has 0 atom stereocenters. The predicted molar refractivity (Wildman–Crippen MR) is 135 cm³/mol. The fourth-order valence-electron chi connectivity index (χ4n) is 3.18. The number of nitrogens with one attached hydrogen (secondary N) is 4. The zero-order chi connectivity index (χ0) is 22.3. The van der Waals surface area contributed by atoms with Crippen LogP contribution >= 0.6 is 33.9 Å². The lowest BCUT2D eigenvalue weighted by Gasteiger charge is -2.16. The summed E-state index contributed by atoms with van der Waals surface area (Å²) in [7, 11) is 0. The van der Waals surface area contributed by atoms with Gasteiger partial charge in [0.25, 0.3) is 5.91 Å². The quantitative estimate of drug-likeness (QED) is 0.252. The number of rotatable bonds is 7. The maximum Gasteiger partial charge on any atom is 0.321 e. The van der Waals surface area contributed by atoms with Crippen LogP contribution in [0.5, 0.6) is 0 Å². The molecule has 3 amide bonds. The van der Waals surface area contributed by atoms with Gasteiger partial charge in [-0.05, 0) is 65.1 Å². The topological polar surface area (TPSA) is 111 Å². The summed E-state index contributed by atoms with van der Waals surface area (Å²) in [4.78, 5) is 35.7. The van der Waals surface area contributed by atoms with Crippen molar-refractivity contribution in [2.75, 3.05) is 35.7 Å². The maximum atomic E-state index is 12.3. The summed E-state index contributed by atoms with van der Waals surface area (Å²) in [5.41, 5.74) is 1.45. The highest BCUT2D eigenvalue weighted by molar-refractivity contribution is 14.1. The van der Waals surface area contributed by atoms with Crippen molar-refractivity contribution < 1.29 is 9.59 Å². The first-order chi connectivity index (χ1) is 15.6. The molecule has 9 nitrogen and oxygen atoms in total. The zero-order valence-electron chi connectivity index (χ0n) is 17.1. The number of thiophene rings is 1. The fourth-order valence-corrected chi connectivity index (χ4v) is 4.27. The Morgan fingerprint density at radius 2 is 1.94 bits per heavy atom. The Balaban J connectivity index is 1.36. The second-order valence-electron chi connectivity index (χ2n) is 7.06. The van der Waals surface area contributed by atoms with E-state index in [1.165, 1.54) is 11.3 Å². The van der Waals surface area contributed by atoms with Crippen molar-refractivity contribution in [2.45, 2.75) is 12.8 Å². The lowest BCUT2D eigenvalue weighted by atomic mass is 10.3. The largest absolute Gasteiger partial charge is 0.352 e. The monoisotopic (exact) mass is 563 g/mol. The van der Waals surface area contributed by atoms with Crippen molar-refractivity contribution in [1.29, 1.82) is 0 Å². The maximum absolute atomic E-state index is 12.3. The van der Waals surface area contributed by atoms with E-state index in [2.05, 4.69) is 53.8 Å². The van der Waals surface area contributed by atoms with E-state index in [0.717, 1.165) is 35.2 Å². The van der Waals surface area contributed by atoms with Crippen molar-refractivity contribution in [3.05, 3.63) is 56.4 Å². The van der Waals surface area contributed by atoms with E-state index in [4.69, 9.17) is 0 Å². The number of anilines is 4. The molecule has 4 N–H and O–H groups in total. The van der Waals surface area contributed by atoms with Crippen molar-refractivity contribution in [1.82, 2.24) is 20.2 Å². The number of carbonyl (C=O) groups is 2. The minimum atomic E-state index is -0.136. The zero-order valence-corrected chi connectivity index (χ0v) is 20.1. The van der Waals surface area contributed by atoms with Crippen LogP contribution < -0.4 is 21.3 Å². The standard InChI is InChI=1S/C21H22IN7O2S/c22-16-12-23-20(28-18(16)24-13-25-19(30)17-7-4-10-32-17)26-14-5-3-6-15(11-14)27-21(31)29-8-1-2-9-29/h3-7,10-12H,1-2,8-9,13H2,(H,25,30)(H,27,31)(H2,23,24,26,28). The Morgan fingerprint density at radius 3 is 2.72 bits per heavy atom. The molecule has 2 aromatic heterocycles. The van der Waals surface area contributed by atoms with Gasteiger partial charge in [-0.15, -0.1) is 11.3 Å². The normalized spacial score (nSPS) is 13.0. The average molecular weight is 563 g/mol. The van der Waals surface area contributed by atoms with Crippen LogP contribution in [0, 0.1) is 3.57 Å². The number of nitrogens with zero attached hydrogens (tertiary/aromatic N) is 3. The van der Waals surface area contributed by atoms with Gasteiger partial charge in [0.05, 0.1) is 15.1 Å². The van der Waals surface area contributed by atoms with Gasteiger partial charge in [-0.2, -0.15) is 4.98 Å². The molecule has 166 valence electrons. The predicted octanol–water partition coefficient (Wildman–Crippen LogP) is 4.31. The third-order valence-corrected chi connectivity index (χ3v) is 6.42. The molecule has 0 spiro atoms. The minimum Gasteiger partial charge on any atom is -0.352 e. The Hall–Kier alpha value is -2.93. The molecule has 4 rings (SSSR count). The van der Waals surface area contributed by atoms with Gasteiger partial charge in [0.1, 0.15) is 5.82 Å². The number of benzene rings is 1. The third-order valence-electron chi connectivity index (χ3n) is 4.76. The van der Waals surface area contributed by atoms with Crippen molar-refractivity contribution in [2.24, 2.45) is 0 Å². The summed E-state index contributed by atoms with van der Waals surface area (Å²) in [6, 6.07) is 10.9. The molecule has 0 unspecified atom stereocenters. The molecule has 0 saturated carbocycles. The van der Waals surface area contributed by atoms with Gasteiger partial charge in [-0.25, -0.2) is 9.78 Å². The molecule has 0 aliphatic carbocycles. The molecule has 1 fully saturated rings. The number of halogens is 1. The molecule has 3 aromatic rings. The van der Waals surface area contributed by atoms with Crippen LogP contribution in [0.15, 0.2) is 48.0 Å². The van der Waals surface area contributed by atoms with Gasteiger partial charge in [0, 0.05) is 30.7 Å². The molecule has 1 saturated heterocycles. The summed E-state index contributed by atoms with van der Waals surface area (Å²) in [6.07, 6.45) is 3.79. The first-order valence-corrected chi connectivity index (χ1v) is 12.1. The van der Waals surface area contributed by atoms with Gasteiger partial charge in [-0.3, -0.25) is 4.79 Å². The fraction of sp³-hybridized carbons (Fsp3) is 0.238. The molecule has 3 heterocycles. The van der Waals surface area contributed by atoms with Crippen LogP contribution in [0.1, 0.15) is 22.5 Å². The lowest BCUT2D eigenvalue weighted by molar-refractivity contribution is 0.0960. The summed E-state index contributed by atoms with van der Waals surface area (Å²) >= 11 is 3.52. The van der Waals surface area contributed by atoms with Crippen LogP contribution in [-0.2, 0) is 0 Å². The Bertz CT molecular complexity index is 1090. The molecule has 32 heavy (non-hydrogen) atoms.